The molecule has 2 N–H and O–H groups in total. The number of hydrogen-bond acceptors (Lipinski definition) is 3. The largest absolute Gasteiger partial charge is 0.389 e. The van der Waals surface area contributed by atoms with Gasteiger partial charge in [0.2, 0.25) is 10.0 Å². The monoisotopic (exact) mass is 326 g/mol. The van der Waals surface area contributed by atoms with Crippen LogP contribution in [0, 0.1) is 6.92 Å². The molecule has 116 valence electrons. The van der Waals surface area contributed by atoms with E-state index in [1.807, 2.05) is 0 Å². The van der Waals surface area contributed by atoms with Gasteiger partial charge in [0.05, 0.1) is 4.90 Å². The van der Waals surface area contributed by atoms with Crippen LogP contribution >= 0.6 is 12.2 Å². The van der Waals surface area contributed by atoms with Crippen LogP contribution in [-0.2, 0) is 10.0 Å². The molecule has 0 heterocycles. The lowest BCUT2D eigenvalue weighted by atomic mass is 9.96. The van der Waals surface area contributed by atoms with Crippen molar-refractivity contribution < 1.29 is 8.42 Å². The average Bonchev–Trinajstić information content (AvgIpc) is 2.46. The first-order valence-electron chi connectivity index (χ1n) is 7.22. The zero-order chi connectivity index (χ0) is 15.6. The van der Waals surface area contributed by atoms with Crippen molar-refractivity contribution in [3.63, 3.8) is 0 Å². The molecule has 21 heavy (non-hydrogen) atoms. The minimum absolute atomic E-state index is 0.110. The highest BCUT2D eigenvalue weighted by atomic mass is 32.2. The van der Waals surface area contributed by atoms with Crippen molar-refractivity contribution in [1.29, 1.82) is 0 Å². The zero-order valence-corrected chi connectivity index (χ0v) is 14.1. The summed E-state index contributed by atoms with van der Waals surface area (Å²) in [6.45, 7) is 1.78. The number of hydrogen-bond donors (Lipinski definition) is 1. The summed E-state index contributed by atoms with van der Waals surface area (Å²) in [6.07, 6.45) is 5.29. The summed E-state index contributed by atoms with van der Waals surface area (Å²) < 4.78 is 27.1. The van der Waals surface area contributed by atoms with Crippen LogP contribution in [0.25, 0.3) is 0 Å². The second-order valence-corrected chi connectivity index (χ2v) is 8.06. The van der Waals surface area contributed by atoms with Crippen molar-refractivity contribution in [2.75, 3.05) is 7.05 Å². The first-order valence-corrected chi connectivity index (χ1v) is 9.07. The van der Waals surface area contributed by atoms with Gasteiger partial charge in [0, 0.05) is 18.7 Å². The lowest BCUT2D eigenvalue weighted by Gasteiger charge is -2.30. The Morgan fingerprint density at radius 3 is 2.43 bits per heavy atom. The Balaban J connectivity index is 2.32. The van der Waals surface area contributed by atoms with E-state index in [1.54, 1.807) is 32.2 Å². The lowest BCUT2D eigenvalue weighted by Crippen LogP contribution is -2.38. The predicted octanol–water partition coefficient (Wildman–Crippen LogP) is 2.58. The molecule has 2 rings (SSSR count). The van der Waals surface area contributed by atoms with E-state index in [-0.39, 0.29) is 11.0 Å². The minimum atomic E-state index is -3.46. The molecule has 6 heteroatoms. The number of aryl methyl sites for hydroxylation is 1. The second kappa shape index (κ2) is 6.42. The Labute approximate surface area is 132 Å². The SMILES string of the molecule is Cc1cc(C(N)=S)ccc1S(=O)(=O)N(C)C1CCCCC1. The summed E-state index contributed by atoms with van der Waals surface area (Å²) in [6, 6.07) is 5.14. The Morgan fingerprint density at radius 1 is 1.29 bits per heavy atom. The molecule has 0 radical (unpaired) electrons. The van der Waals surface area contributed by atoms with E-state index in [0.29, 0.717) is 16.0 Å². The van der Waals surface area contributed by atoms with Gasteiger partial charge >= 0.3 is 0 Å². The smallest absolute Gasteiger partial charge is 0.243 e. The fraction of sp³-hybridized carbons (Fsp3) is 0.533. The summed E-state index contributed by atoms with van der Waals surface area (Å²) in [5, 5.41) is 0. The summed E-state index contributed by atoms with van der Waals surface area (Å²) in [5.74, 6) is 0. The number of sulfonamides is 1. The molecule has 0 amide bonds. The Kier molecular flexibility index (Phi) is 5.01. The fourth-order valence-electron chi connectivity index (χ4n) is 2.89. The Morgan fingerprint density at radius 2 is 1.90 bits per heavy atom. The molecule has 1 aromatic rings. The van der Waals surface area contributed by atoms with E-state index in [0.717, 1.165) is 25.7 Å². The van der Waals surface area contributed by atoms with Crippen LogP contribution in [0.4, 0.5) is 0 Å². The zero-order valence-electron chi connectivity index (χ0n) is 12.5. The molecule has 1 fully saturated rings. The third-order valence-corrected chi connectivity index (χ3v) is 6.51. The molecular formula is C15H22N2O2S2. The van der Waals surface area contributed by atoms with Crippen LogP contribution in [0.5, 0.6) is 0 Å². The molecule has 1 aromatic carbocycles. The van der Waals surface area contributed by atoms with Crippen molar-refractivity contribution >= 4 is 27.2 Å². The van der Waals surface area contributed by atoms with E-state index in [9.17, 15) is 8.42 Å². The summed E-state index contributed by atoms with van der Waals surface area (Å²) >= 11 is 4.93. The highest BCUT2D eigenvalue weighted by Crippen LogP contribution is 2.28. The number of nitrogens with zero attached hydrogens (tertiary/aromatic N) is 1. The summed E-state index contributed by atoms with van der Waals surface area (Å²) in [7, 11) is -1.78. The number of benzene rings is 1. The third kappa shape index (κ3) is 3.44. The minimum Gasteiger partial charge on any atom is -0.389 e. The van der Waals surface area contributed by atoms with Gasteiger partial charge in [-0.1, -0.05) is 37.5 Å². The van der Waals surface area contributed by atoms with Gasteiger partial charge < -0.3 is 5.73 Å². The quantitative estimate of drug-likeness (QED) is 0.864. The molecular weight excluding hydrogens is 304 g/mol. The van der Waals surface area contributed by atoms with Gasteiger partial charge in [-0.25, -0.2) is 8.42 Å². The van der Waals surface area contributed by atoms with Crippen molar-refractivity contribution in [3.8, 4) is 0 Å². The molecule has 0 bridgehead atoms. The normalized spacial score (nSPS) is 17.1. The molecule has 0 unspecified atom stereocenters. The van der Waals surface area contributed by atoms with E-state index in [2.05, 4.69) is 0 Å². The molecule has 0 spiro atoms. The Hall–Kier alpha value is -0.980. The molecule has 1 aliphatic carbocycles. The maximum Gasteiger partial charge on any atom is 0.243 e. The van der Waals surface area contributed by atoms with Crippen LogP contribution in [0.1, 0.15) is 43.2 Å². The van der Waals surface area contributed by atoms with Gasteiger partial charge in [-0.2, -0.15) is 4.31 Å². The van der Waals surface area contributed by atoms with Crippen LogP contribution in [0.3, 0.4) is 0 Å². The molecule has 4 nitrogen and oxygen atoms in total. The molecule has 0 aliphatic heterocycles. The van der Waals surface area contributed by atoms with E-state index >= 15 is 0 Å². The van der Waals surface area contributed by atoms with Crippen LogP contribution in [-0.4, -0.2) is 30.8 Å². The van der Waals surface area contributed by atoms with Gasteiger partial charge in [-0.15, -0.1) is 0 Å². The average molecular weight is 326 g/mol. The van der Waals surface area contributed by atoms with Crippen molar-refractivity contribution in [2.24, 2.45) is 5.73 Å². The van der Waals surface area contributed by atoms with E-state index in [1.165, 1.54) is 10.7 Å². The van der Waals surface area contributed by atoms with Crippen LogP contribution in [0.15, 0.2) is 23.1 Å². The van der Waals surface area contributed by atoms with E-state index in [4.69, 9.17) is 18.0 Å². The van der Waals surface area contributed by atoms with Gasteiger partial charge in [0.1, 0.15) is 4.99 Å². The van der Waals surface area contributed by atoms with Gasteiger partial charge in [0.25, 0.3) is 0 Å². The molecule has 1 aliphatic rings. The number of nitrogens with two attached hydrogens (primary N) is 1. The molecule has 0 aromatic heterocycles. The highest BCUT2D eigenvalue weighted by Gasteiger charge is 2.30. The Bertz CT molecular complexity index is 635. The third-order valence-electron chi connectivity index (χ3n) is 4.21. The van der Waals surface area contributed by atoms with Gasteiger partial charge in [-0.05, 0) is 37.5 Å². The van der Waals surface area contributed by atoms with Crippen molar-refractivity contribution in [2.45, 2.75) is 50.0 Å². The first kappa shape index (κ1) is 16.4. The predicted molar refractivity (Wildman–Crippen MR) is 88.9 cm³/mol. The maximum absolute atomic E-state index is 12.8. The fourth-order valence-corrected chi connectivity index (χ4v) is 4.63. The molecule has 0 saturated heterocycles. The lowest BCUT2D eigenvalue weighted by molar-refractivity contribution is 0.285. The summed E-state index contributed by atoms with van der Waals surface area (Å²) in [4.78, 5) is 0.623. The van der Waals surface area contributed by atoms with Crippen LogP contribution < -0.4 is 5.73 Å². The topological polar surface area (TPSA) is 63.4 Å². The molecule has 0 atom stereocenters. The van der Waals surface area contributed by atoms with Crippen molar-refractivity contribution in [3.05, 3.63) is 29.3 Å². The second-order valence-electron chi connectivity index (χ2n) is 5.66. The molecule has 1 saturated carbocycles. The van der Waals surface area contributed by atoms with Crippen molar-refractivity contribution in [1.82, 2.24) is 4.31 Å². The highest BCUT2D eigenvalue weighted by molar-refractivity contribution is 7.89. The van der Waals surface area contributed by atoms with Gasteiger partial charge in [-0.3, -0.25) is 0 Å². The van der Waals surface area contributed by atoms with Crippen LogP contribution in [0.2, 0.25) is 0 Å². The number of thiocarbonyl (C=S) groups is 1. The maximum atomic E-state index is 12.8. The standard InChI is InChI=1S/C15H22N2O2S2/c1-11-10-12(15(16)20)8-9-14(11)21(18,19)17(2)13-6-4-3-5-7-13/h8-10,13H,3-7H2,1-2H3,(H2,16,20). The summed E-state index contributed by atoms with van der Waals surface area (Å²) in [5.41, 5.74) is 6.97. The number of rotatable bonds is 4. The first-order chi connectivity index (χ1) is 9.84. The van der Waals surface area contributed by atoms with E-state index < -0.39 is 10.0 Å². The van der Waals surface area contributed by atoms with Gasteiger partial charge in [0.15, 0.2) is 0 Å².